The standard InChI is InChI=1S/C20H26N4O2/c21-8-3-9-23-10-12-24(13-11-23)20(25)15-26-19-7-6-16(14-22)17-4-1-2-5-18(17)19/h1-2,4-7,14,22H,3,8-13,15,21H2. The molecule has 0 unspecified atom stereocenters. The summed E-state index contributed by atoms with van der Waals surface area (Å²) in [6.45, 7) is 5.00. The SMILES string of the molecule is N=Cc1ccc(OCC(=O)N2CCN(CCCN)CC2)c2ccccc12. The van der Waals surface area contributed by atoms with Crippen LogP contribution >= 0.6 is 0 Å². The maximum absolute atomic E-state index is 12.5. The second-order valence-corrected chi connectivity index (χ2v) is 6.50. The van der Waals surface area contributed by atoms with E-state index in [0.29, 0.717) is 12.3 Å². The first kappa shape index (κ1) is 18.4. The minimum absolute atomic E-state index is 0.0173. The van der Waals surface area contributed by atoms with Crippen LogP contribution in [0.15, 0.2) is 36.4 Å². The molecule has 26 heavy (non-hydrogen) atoms. The molecule has 2 aromatic rings. The molecule has 0 radical (unpaired) electrons. The highest BCUT2D eigenvalue weighted by Crippen LogP contribution is 2.27. The molecule has 0 aliphatic carbocycles. The smallest absolute Gasteiger partial charge is 0.260 e. The topological polar surface area (TPSA) is 82.7 Å². The van der Waals surface area contributed by atoms with E-state index in [1.807, 2.05) is 41.3 Å². The Hall–Kier alpha value is -2.44. The van der Waals surface area contributed by atoms with E-state index in [-0.39, 0.29) is 12.5 Å². The van der Waals surface area contributed by atoms with Gasteiger partial charge in [0.25, 0.3) is 5.91 Å². The van der Waals surface area contributed by atoms with Crippen LogP contribution in [-0.2, 0) is 4.79 Å². The zero-order valence-corrected chi connectivity index (χ0v) is 15.0. The van der Waals surface area contributed by atoms with Gasteiger partial charge < -0.3 is 20.8 Å². The third kappa shape index (κ3) is 4.20. The molecular formula is C20H26N4O2. The molecule has 0 atom stereocenters. The van der Waals surface area contributed by atoms with Crippen molar-refractivity contribution in [2.75, 3.05) is 45.9 Å². The third-order valence-electron chi connectivity index (χ3n) is 4.83. The molecule has 6 heteroatoms. The first-order valence-corrected chi connectivity index (χ1v) is 9.08. The number of piperazine rings is 1. The van der Waals surface area contributed by atoms with E-state index < -0.39 is 0 Å². The Kier molecular flexibility index (Phi) is 6.20. The average molecular weight is 354 g/mol. The number of amides is 1. The minimum atomic E-state index is 0.0173. The summed E-state index contributed by atoms with van der Waals surface area (Å²) in [5, 5.41) is 9.40. The molecule has 1 aliphatic heterocycles. The number of benzene rings is 2. The van der Waals surface area contributed by atoms with Crippen molar-refractivity contribution in [2.45, 2.75) is 6.42 Å². The highest BCUT2D eigenvalue weighted by molar-refractivity contribution is 6.01. The Labute approximate surface area is 154 Å². The van der Waals surface area contributed by atoms with E-state index >= 15 is 0 Å². The molecule has 3 N–H and O–H groups in total. The Morgan fingerprint density at radius 1 is 1.12 bits per heavy atom. The van der Waals surface area contributed by atoms with Gasteiger partial charge in [-0.25, -0.2) is 0 Å². The van der Waals surface area contributed by atoms with E-state index in [1.54, 1.807) is 0 Å². The Bertz CT molecular complexity index is 769. The van der Waals surface area contributed by atoms with Crippen molar-refractivity contribution in [2.24, 2.45) is 5.73 Å². The fraction of sp³-hybridized carbons (Fsp3) is 0.400. The van der Waals surface area contributed by atoms with Crippen LogP contribution in [0.4, 0.5) is 0 Å². The van der Waals surface area contributed by atoms with Crippen molar-refractivity contribution in [3.63, 3.8) is 0 Å². The van der Waals surface area contributed by atoms with Gasteiger partial charge in [0.05, 0.1) is 0 Å². The van der Waals surface area contributed by atoms with Crippen molar-refractivity contribution < 1.29 is 9.53 Å². The molecule has 1 aliphatic rings. The zero-order chi connectivity index (χ0) is 18.4. The number of rotatable bonds is 7. The number of carbonyl (C=O) groups is 1. The Morgan fingerprint density at radius 3 is 2.54 bits per heavy atom. The van der Waals surface area contributed by atoms with Crippen molar-refractivity contribution in [3.8, 4) is 5.75 Å². The molecule has 0 aromatic heterocycles. The molecule has 0 bridgehead atoms. The number of hydrogen-bond donors (Lipinski definition) is 2. The van der Waals surface area contributed by atoms with E-state index in [9.17, 15) is 4.79 Å². The van der Waals surface area contributed by atoms with E-state index in [2.05, 4.69) is 4.90 Å². The van der Waals surface area contributed by atoms with Crippen LogP contribution in [-0.4, -0.2) is 67.8 Å². The van der Waals surface area contributed by atoms with Gasteiger partial charge in [-0.15, -0.1) is 0 Å². The van der Waals surface area contributed by atoms with Crippen molar-refractivity contribution in [3.05, 3.63) is 42.0 Å². The van der Waals surface area contributed by atoms with Gasteiger partial charge in [-0.1, -0.05) is 24.3 Å². The van der Waals surface area contributed by atoms with E-state index in [0.717, 1.165) is 55.5 Å². The number of nitrogens with two attached hydrogens (primary N) is 1. The molecular weight excluding hydrogens is 328 g/mol. The fourth-order valence-corrected chi connectivity index (χ4v) is 3.31. The van der Waals surface area contributed by atoms with Gasteiger partial charge in [-0.2, -0.15) is 0 Å². The predicted molar refractivity (Wildman–Crippen MR) is 104 cm³/mol. The lowest BCUT2D eigenvalue weighted by Crippen LogP contribution is -2.50. The highest BCUT2D eigenvalue weighted by atomic mass is 16.5. The lowest BCUT2D eigenvalue weighted by molar-refractivity contribution is -0.135. The zero-order valence-electron chi connectivity index (χ0n) is 15.0. The summed E-state index contributed by atoms with van der Waals surface area (Å²) in [6, 6.07) is 11.5. The van der Waals surface area contributed by atoms with E-state index in [4.69, 9.17) is 15.9 Å². The van der Waals surface area contributed by atoms with Gasteiger partial charge in [-0.05, 0) is 37.0 Å². The second-order valence-electron chi connectivity index (χ2n) is 6.50. The summed E-state index contributed by atoms with van der Waals surface area (Å²) in [5.74, 6) is 0.699. The van der Waals surface area contributed by atoms with Crippen molar-refractivity contribution in [1.82, 2.24) is 9.80 Å². The van der Waals surface area contributed by atoms with Crippen molar-refractivity contribution in [1.29, 1.82) is 5.41 Å². The maximum atomic E-state index is 12.5. The van der Waals surface area contributed by atoms with Crippen LogP contribution in [0.1, 0.15) is 12.0 Å². The Morgan fingerprint density at radius 2 is 1.85 bits per heavy atom. The van der Waals surface area contributed by atoms with Gasteiger partial charge >= 0.3 is 0 Å². The third-order valence-corrected chi connectivity index (χ3v) is 4.83. The van der Waals surface area contributed by atoms with Crippen LogP contribution in [0.25, 0.3) is 10.8 Å². The van der Waals surface area contributed by atoms with Crippen LogP contribution in [0.2, 0.25) is 0 Å². The minimum Gasteiger partial charge on any atom is -0.483 e. The molecule has 3 rings (SSSR count). The summed E-state index contributed by atoms with van der Waals surface area (Å²) in [5.41, 5.74) is 6.39. The molecule has 1 fully saturated rings. The highest BCUT2D eigenvalue weighted by Gasteiger charge is 2.21. The lowest BCUT2D eigenvalue weighted by atomic mass is 10.0. The molecule has 0 saturated carbocycles. The lowest BCUT2D eigenvalue weighted by Gasteiger charge is -2.34. The predicted octanol–water partition coefficient (Wildman–Crippen LogP) is 1.71. The fourth-order valence-electron chi connectivity index (χ4n) is 3.31. The number of ether oxygens (including phenoxy) is 1. The molecule has 1 saturated heterocycles. The van der Waals surface area contributed by atoms with Gasteiger partial charge in [-0.3, -0.25) is 9.69 Å². The molecule has 2 aromatic carbocycles. The van der Waals surface area contributed by atoms with Crippen LogP contribution in [0, 0.1) is 5.41 Å². The van der Waals surface area contributed by atoms with Crippen molar-refractivity contribution >= 4 is 22.9 Å². The first-order chi connectivity index (χ1) is 12.7. The second kappa shape index (κ2) is 8.78. The Balaban J connectivity index is 1.59. The summed E-state index contributed by atoms with van der Waals surface area (Å²) in [4.78, 5) is 16.7. The maximum Gasteiger partial charge on any atom is 0.260 e. The molecule has 138 valence electrons. The summed E-state index contributed by atoms with van der Waals surface area (Å²) in [6.07, 6.45) is 2.33. The van der Waals surface area contributed by atoms with Crippen LogP contribution in [0.5, 0.6) is 5.75 Å². The average Bonchev–Trinajstić information content (AvgIpc) is 2.70. The molecule has 1 amide bonds. The molecule has 6 nitrogen and oxygen atoms in total. The van der Waals surface area contributed by atoms with Crippen LogP contribution < -0.4 is 10.5 Å². The number of nitrogens with zero attached hydrogens (tertiary/aromatic N) is 2. The van der Waals surface area contributed by atoms with Gasteiger partial charge in [0.15, 0.2) is 6.61 Å². The van der Waals surface area contributed by atoms with Gasteiger partial charge in [0.1, 0.15) is 5.75 Å². The normalized spacial score (nSPS) is 15.2. The summed E-state index contributed by atoms with van der Waals surface area (Å²) < 4.78 is 5.83. The van der Waals surface area contributed by atoms with Crippen LogP contribution in [0.3, 0.4) is 0 Å². The first-order valence-electron chi connectivity index (χ1n) is 9.08. The number of fused-ring (bicyclic) bond motifs is 1. The molecule has 0 spiro atoms. The summed E-state index contributed by atoms with van der Waals surface area (Å²) >= 11 is 0. The van der Waals surface area contributed by atoms with Gasteiger partial charge in [0.2, 0.25) is 0 Å². The largest absolute Gasteiger partial charge is 0.483 e. The summed E-state index contributed by atoms with van der Waals surface area (Å²) in [7, 11) is 0. The number of hydrogen-bond acceptors (Lipinski definition) is 5. The number of nitrogens with one attached hydrogen (secondary N) is 1. The monoisotopic (exact) mass is 354 g/mol. The quantitative estimate of drug-likeness (QED) is 0.742. The van der Waals surface area contributed by atoms with E-state index in [1.165, 1.54) is 6.21 Å². The number of carbonyl (C=O) groups excluding carboxylic acids is 1. The molecule has 1 heterocycles. The van der Waals surface area contributed by atoms with Gasteiger partial charge in [0, 0.05) is 43.3 Å².